The quantitative estimate of drug-likeness (QED) is 0.556. The third-order valence-corrected chi connectivity index (χ3v) is 1.98. The highest BCUT2D eigenvalue weighted by Crippen LogP contribution is 2.22. The van der Waals surface area contributed by atoms with E-state index in [1.807, 2.05) is 6.92 Å². The van der Waals surface area contributed by atoms with Crippen molar-refractivity contribution in [3.8, 4) is 0 Å². The van der Waals surface area contributed by atoms with Crippen LogP contribution in [0.2, 0.25) is 0 Å². The van der Waals surface area contributed by atoms with Gasteiger partial charge in [0, 0.05) is 0 Å². The molecule has 0 aromatic heterocycles. The van der Waals surface area contributed by atoms with E-state index in [0.717, 1.165) is 11.2 Å². The molecular formula is C4H6ClNO2S. The summed E-state index contributed by atoms with van der Waals surface area (Å²) in [6.45, 7) is 2.40. The Bertz CT molecular complexity index is 132. The molecule has 1 amide bonds. The Morgan fingerprint density at radius 2 is 2.67 bits per heavy atom. The van der Waals surface area contributed by atoms with Gasteiger partial charge in [0.05, 0.1) is 17.7 Å². The smallest absolute Gasteiger partial charge is 0.421 e. The van der Waals surface area contributed by atoms with Crippen LogP contribution in [0.1, 0.15) is 6.92 Å². The van der Waals surface area contributed by atoms with E-state index in [4.69, 9.17) is 15.4 Å². The SMILES string of the molecule is CC1CN(SCl)C(=O)O1. The molecule has 1 rings (SSSR count). The lowest BCUT2D eigenvalue weighted by atomic mass is 10.4. The molecule has 0 spiro atoms. The first-order valence-electron chi connectivity index (χ1n) is 2.51. The Balaban J connectivity index is 2.48. The average molecular weight is 168 g/mol. The average Bonchev–Trinajstić information content (AvgIpc) is 2.10. The summed E-state index contributed by atoms with van der Waals surface area (Å²) in [4.78, 5) is 10.6. The zero-order valence-electron chi connectivity index (χ0n) is 4.83. The molecule has 1 saturated heterocycles. The zero-order chi connectivity index (χ0) is 6.85. The molecule has 52 valence electrons. The van der Waals surface area contributed by atoms with Crippen molar-refractivity contribution >= 4 is 27.9 Å². The molecule has 9 heavy (non-hydrogen) atoms. The minimum absolute atomic E-state index is 0.0243. The maximum atomic E-state index is 10.6. The minimum Gasteiger partial charge on any atom is -0.444 e. The van der Waals surface area contributed by atoms with Crippen molar-refractivity contribution in [3.05, 3.63) is 0 Å². The zero-order valence-corrected chi connectivity index (χ0v) is 6.41. The van der Waals surface area contributed by atoms with E-state index in [1.165, 1.54) is 4.31 Å². The highest BCUT2D eigenvalue weighted by molar-refractivity contribution is 8.19. The lowest BCUT2D eigenvalue weighted by molar-refractivity contribution is 0.145. The molecule has 1 aliphatic rings. The summed E-state index contributed by atoms with van der Waals surface area (Å²) in [5.74, 6) is 0. The van der Waals surface area contributed by atoms with Gasteiger partial charge in [0.15, 0.2) is 0 Å². The molecule has 0 N–H and O–H groups in total. The lowest BCUT2D eigenvalue weighted by Gasteiger charge is -2.02. The maximum Gasteiger partial charge on any atom is 0.421 e. The first kappa shape index (κ1) is 7.02. The number of nitrogens with zero attached hydrogens (tertiary/aromatic N) is 1. The summed E-state index contributed by atoms with van der Waals surface area (Å²) in [6.07, 6.45) is -0.369. The molecule has 0 saturated carbocycles. The second-order valence-corrected chi connectivity index (χ2v) is 2.82. The van der Waals surface area contributed by atoms with Crippen LogP contribution in [0.5, 0.6) is 0 Å². The van der Waals surface area contributed by atoms with Crippen LogP contribution in [0.4, 0.5) is 4.79 Å². The van der Waals surface area contributed by atoms with Crippen molar-refractivity contribution in [1.29, 1.82) is 0 Å². The van der Waals surface area contributed by atoms with E-state index in [-0.39, 0.29) is 12.2 Å². The largest absolute Gasteiger partial charge is 0.444 e. The summed E-state index contributed by atoms with van der Waals surface area (Å²) in [6, 6.07) is 0. The second kappa shape index (κ2) is 2.66. The van der Waals surface area contributed by atoms with Crippen LogP contribution in [0.3, 0.4) is 0 Å². The summed E-state index contributed by atoms with van der Waals surface area (Å²) in [7, 11) is 5.31. The van der Waals surface area contributed by atoms with Gasteiger partial charge in [-0.1, -0.05) is 0 Å². The predicted molar refractivity (Wildman–Crippen MR) is 36.1 cm³/mol. The van der Waals surface area contributed by atoms with Gasteiger partial charge in [0.25, 0.3) is 0 Å². The normalized spacial score (nSPS) is 26.7. The topological polar surface area (TPSA) is 29.5 Å². The molecule has 0 aromatic carbocycles. The molecule has 0 bridgehead atoms. The first-order valence-corrected chi connectivity index (χ1v) is 4.11. The third-order valence-electron chi connectivity index (χ3n) is 1.01. The standard InChI is InChI=1S/C4H6ClNO2S/c1-3-2-6(9-5)4(7)8-3/h3H,2H2,1H3. The molecule has 0 radical (unpaired) electrons. The van der Waals surface area contributed by atoms with Crippen LogP contribution in [0, 0.1) is 0 Å². The number of carbonyl (C=O) groups is 1. The van der Waals surface area contributed by atoms with Gasteiger partial charge in [-0.15, -0.1) is 0 Å². The van der Waals surface area contributed by atoms with Gasteiger partial charge < -0.3 is 4.74 Å². The van der Waals surface area contributed by atoms with Crippen molar-refractivity contribution in [2.75, 3.05) is 6.54 Å². The highest BCUT2D eigenvalue weighted by Gasteiger charge is 2.27. The van der Waals surface area contributed by atoms with E-state index in [9.17, 15) is 4.79 Å². The van der Waals surface area contributed by atoms with Crippen molar-refractivity contribution in [3.63, 3.8) is 0 Å². The molecule has 1 fully saturated rings. The summed E-state index contributed by atoms with van der Waals surface area (Å²) in [5, 5.41) is 0. The van der Waals surface area contributed by atoms with Crippen molar-refractivity contribution < 1.29 is 9.53 Å². The van der Waals surface area contributed by atoms with Gasteiger partial charge in [0.1, 0.15) is 6.10 Å². The first-order chi connectivity index (χ1) is 4.24. The maximum absolute atomic E-state index is 10.6. The molecule has 0 aromatic rings. The number of ether oxygens (including phenoxy) is 1. The van der Waals surface area contributed by atoms with Crippen LogP contribution < -0.4 is 0 Å². The lowest BCUT2D eigenvalue weighted by Crippen LogP contribution is -2.13. The Morgan fingerprint density at radius 1 is 2.00 bits per heavy atom. The monoisotopic (exact) mass is 167 g/mol. The minimum atomic E-state index is -0.345. The summed E-state index contributed by atoms with van der Waals surface area (Å²) in [5.41, 5.74) is 0. The predicted octanol–water partition coefficient (Wildman–Crippen LogP) is 1.63. The van der Waals surface area contributed by atoms with Crippen LogP contribution in [0.15, 0.2) is 0 Å². The van der Waals surface area contributed by atoms with Gasteiger partial charge in [0.2, 0.25) is 0 Å². The number of hydrogen-bond acceptors (Lipinski definition) is 3. The van der Waals surface area contributed by atoms with E-state index >= 15 is 0 Å². The Labute approximate surface area is 61.9 Å². The fourth-order valence-corrected chi connectivity index (χ4v) is 1.34. The van der Waals surface area contributed by atoms with Crippen molar-refractivity contribution in [2.24, 2.45) is 0 Å². The van der Waals surface area contributed by atoms with Crippen LogP contribution in [-0.4, -0.2) is 23.0 Å². The van der Waals surface area contributed by atoms with E-state index in [2.05, 4.69) is 0 Å². The molecule has 3 nitrogen and oxygen atoms in total. The van der Waals surface area contributed by atoms with Gasteiger partial charge in [-0.3, -0.25) is 0 Å². The number of hydrogen-bond donors (Lipinski definition) is 0. The third kappa shape index (κ3) is 1.43. The molecule has 0 aliphatic carbocycles. The van der Waals surface area contributed by atoms with E-state index < -0.39 is 0 Å². The Kier molecular flexibility index (Phi) is 2.08. The fraction of sp³-hybridized carbons (Fsp3) is 0.750. The van der Waals surface area contributed by atoms with Gasteiger partial charge in [-0.05, 0) is 17.6 Å². The van der Waals surface area contributed by atoms with Crippen molar-refractivity contribution in [1.82, 2.24) is 4.31 Å². The highest BCUT2D eigenvalue weighted by atomic mass is 35.7. The summed E-state index contributed by atoms with van der Waals surface area (Å²) >= 11 is 0.875. The number of cyclic esters (lactones) is 1. The van der Waals surface area contributed by atoms with Gasteiger partial charge in [-0.2, -0.15) is 0 Å². The summed E-state index contributed by atoms with van der Waals surface area (Å²) < 4.78 is 6.11. The van der Waals surface area contributed by atoms with Gasteiger partial charge >= 0.3 is 6.09 Å². The number of amides is 1. The molecule has 5 heteroatoms. The van der Waals surface area contributed by atoms with Crippen molar-refractivity contribution in [2.45, 2.75) is 13.0 Å². The van der Waals surface area contributed by atoms with E-state index in [0.29, 0.717) is 6.54 Å². The molecule has 1 aliphatic heterocycles. The molecular weight excluding hydrogens is 162 g/mol. The molecule has 1 unspecified atom stereocenters. The Hall–Kier alpha value is -0.0900. The van der Waals surface area contributed by atoms with E-state index in [1.54, 1.807) is 0 Å². The molecule has 1 heterocycles. The van der Waals surface area contributed by atoms with Gasteiger partial charge in [-0.25, -0.2) is 9.10 Å². The fourth-order valence-electron chi connectivity index (χ4n) is 0.633. The van der Waals surface area contributed by atoms with Crippen LogP contribution >= 0.6 is 21.8 Å². The second-order valence-electron chi connectivity index (χ2n) is 1.82. The molecule has 1 atom stereocenters. The number of rotatable bonds is 1. The Morgan fingerprint density at radius 3 is 2.89 bits per heavy atom. The van der Waals surface area contributed by atoms with Crippen LogP contribution in [0.25, 0.3) is 0 Å². The number of carbonyl (C=O) groups excluding carboxylic acids is 1. The van der Waals surface area contributed by atoms with Crippen LogP contribution in [-0.2, 0) is 4.74 Å². The number of halogens is 1.